The Balaban J connectivity index is 1.88. The van der Waals surface area contributed by atoms with Gasteiger partial charge < -0.3 is 25.4 Å². The number of amides is 1. The van der Waals surface area contributed by atoms with Gasteiger partial charge in [0.05, 0.1) is 6.61 Å². The van der Waals surface area contributed by atoms with Crippen molar-refractivity contribution in [2.24, 2.45) is 10.4 Å². The highest BCUT2D eigenvalue weighted by molar-refractivity contribution is 7.99. The average molecular weight is 443 g/mol. The van der Waals surface area contributed by atoms with Gasteiger partial charge in [-0.25, -0.2) is 4.99 Å². The number of guanidine groups is 1. The molecule has 162 valence electrons. The SMILES string of the molecule is CN(C)C(=O)CN=C(NCCSc1ccc(Cl)cc1)NCC1(CCO)CCOC1. The number of rotatable bonds is 10. The minimum atomic E-state index is -0.0964. The highest BCUT2D eigenvalue weighted by atomic mass is 35.5. The quantitative estimate of drug-likeness (QED) is 0.222. The van der Waals surface area contributed by atoms with Gasteiger partial charge in [0.25, 0.3) is 0 Å². The monoisotopic (exact) mass is 442 g/mol. The summed E-state index contributed by atoms with van der Waals surface area (Å²) in [5.74, 6) is 1.38. The zero-order valence-corrected chi connectivity index (χ0v) is 18.7. The third-order valence-corrected chi connectivity index (χ3v) is 6.07. The van der Waals surface area contributed by atoms with Gasteiger partial charge in [0.2, 0.25) is 5.91 Å². The van der Waals surface area contributed by atoms with Crippen LogP contribution >= 0.6 is 23.4 Å². The molecule has 1 unspecified atom stereocenters. The van der Waals surface area contributed by atoms with Crippen LogP contribution < -0.4 is 10.6 Å². The standard InChI is InChI=1S/C20H31ClN4O3S/c1-25(2)18(27)13-23-19(24-14-20(7-10-26)8-11-28-15-20)22-9-12-29-17-5-3-16(21)4-6-17/h3-6,26H,7-15H2,1-2H3,(H2,22,23,24). The lowest BCUT2D eigenvalue weighted by Gasteiger charge is -2.27. The second-order valence-electron chi connectivity index (χ2n) is 7.31. The molecule has 1 aliphatic heterocycles. The number of aliphatic hydroxyl groups excluding tert-OH is 1. The van der Waals surface area contributed by atoms with Crippen molar-refractivity contribution < 1.29 is 14.6 Å². The van der Waals surface area contributed by atoms with Crippen LogP contribution in [0.1, 0.15) is 12.8 Å². The van der Waals surface area contributed by atoms with E-state index in [1.807, 2.05) is 24.3 Å². The number of halogens is 1. The zero-order valence-electron chi connectivity index (χ0n) is 17.1. The van der Waals surface area contributed by atoms with Gasteiger partial charge in [0.1, 0.15) is 6.54 Å². The van der Waals surface area contributed by atoms with E-state index >= 15 is 0 Å². The van der Waals surface area contributed by atoms with Gasteiger partial charge in [-0.2, -0.15) is 0 Å². The molecule has 0 aliphatic carbocycles. The molecule has 3 N–H and O–H groups in total. The molecule has 1 aromatic carbocycles. The van der Waals surface area contributed by atoms with E-state index in [4.69, 9.17) is 16.3 Å². The molecule has 0 saturated carbocycles. The number of nitrogens with one attached hydrogen (secondary N) is 2. The van der Waals surface area contributed by atoms with Crippen LogP contribution in [0.4, 0.5) is 0 Å². The van der Waals surface area contributed by atoms with Crippen molar-refractivity contribution in [3.05, 3.63) is 29.3 Å². The molecule has 1 fully saturated rings. The number of aliphatic hydroxyl groups is 1. The van der Waals surface area contributed by atoms with Crippen molar-refractivity contribution in [1.82, 2.24) is 15.5 Å². The van der Waals surface area contributed by atoms with Crippen LogP contribution in [0.3, 0.4) is 0 Å². The van der Waals surface area contributed by atoms with Crippen LogP contribution in [0.5, 0.6) is 0 Å². The maximum atomic E-state index is 11.9. The highest BCUT2D eigenvalue weighted by Crippen LogP contribution is 2.31. The Labute approximate surface area is 182 Å². The summed E-state index contributed by atoms with van der Waals surface area (Å²) in [5, 5.41) is 16.8. The van der Waals surface area contributed by atoms with Crippen molar-refractivity contribution >= 4 is 35.2 Å². The van der Waals surface area contributed by atoms with E-state index in [0.29, 0.717) is 38.7 Å². The number of carbonyl (C=O) groups is 1. The summed E-state index contributed by atoms with van der Waals surface area (Å²) in [6.07, 6.45) is 1.58. The van der Waals surface area contributed by atoms with Crippen molar-refractivity contribution in [3.8, 4) is 0 Å². The maximum absolute atomic E-state index is 11.9. The fraction of sp³-hybridized carbons (Fsp3) is 0.600. The van der Waals surface area contributed by atoms with E-state index in [1.165, 1.54) is 4.90 Å². The second kappa shape index (κ2) is 12.3. The summed E-state index contributed by atoms with van der Waals surface area (Å²) >= 11 is 7.64. The number of hydrogen-bond donors (Lipinski definition) is 3. The first-order chi connectivity index (χ1) is 13.9. The summed E-state index contributed by atoms with van der Waals surface area (Å²) in [7, 11) is 3.43. The van der Waals surface area contributed by atoms with Gasteiger partial charge in [-0.3, -0.25) is 4.79 Å². The van der Waals surface area contributed by atoms with Gasteiger partial charge in [0, 0.05) is 61.5 Å². The summed E-state index contributed by atoms with van der Waals surface area (Å²) < 4.78 is 5.55. The third kappa shape index (κ3) is 8.42. The maximum Gasteiger partial charge on any atom is 0.243 e. The Morgan fingerprint density at radius 1 is 1.34 bits per heavy atom. The van der Waals surface area contributed by atoms with Gasteiger partial charge >= 0.3 is 0 Å². The molecule has 2 rings (SSSR count). The van der Waals surface area contributed by atoms with Crippen molar-refractivity contribution in [2.45, 2.75) is 17.7 Å². The normalized spacial score (nSPS) is 19.2. The predicted octanol–water partition coefficient (Wildman–Crippen LogP) is 1.84. The number of hydrogen-bond acceptors (Lipinski definition) is 5. The fourth-order valence-corrected chi connectivity index (χ4v) is 3.81. The van der Waals surface area contributed by atoms with Gasteiger partial charge in [0.15, 0.2) is 5.96 Å². The number of nitrogens with zero attached hydrogens (tertiary/aromatic N) is 2. The number of ether oxygens (including phenoxy) is 1. The van der Waals surface area contributed by atoms with E-state index in [9.17, 15) is 9.90 Å². The highest BCUT2D eigenvalue weighted by Gasteiger charge is 2.34. The molecule has 1 aliphatic rings. The van der Waals surface area contributed by atoms with Crippen LogP contribution in [0.15, 0.2) is 34.2 Å². The first-order valence-corrected chi connectivity index (χ1v) is 11.1. The number of carbonyl (C=O) groups excluding carboxylic acids is 1. The first kappa shape index (κ1) is 23.8. The molecule has 0 spiro atoms. The Kier molecular flexibility index (Phi) is 10.1. The molecule has 0 bridgehead atoms. The minimum absolute atomic E-state index is 0.0593. The zero-order chi connectivity index (χ0) is 21.1. The summed E-state index contributed by atoms with van der Waals surface area (Å²) in [5.41, 5.74) is -0.0964. The van der Waals surface area contributed by atoms with E-state index < -0.39 is 0 Å². The topological polar surface area (TPSA) is 86.2 Å². The lowest BCUT2D eigenvalue weighted by molar-refractivity contribution is -0.127. The molecular formula is C20H31ClN4O3S. The van der Waals surface area contributed by atoms with Crippen LogP contribution in [0.25, 0.3) is 0 Å². The molecule has 9 heteroatoms. The molecular weight excluding hydrogens is 412 g/mol. The van der Waals surface area contributed by atoms with Crippen LogP contribution in [-0.4, -0.2) is 81.2 Å². The third-order valence-electron chi connectivity index (χ3n) is 4.81. The van der Waals surface area contributed by atoms with Crippen LogP contribution in [-0.2, 0) is 9.53 Å². The van der Waals surface area contributed by atoms with Crippen molar-refractivity contribution in [1.29, 1.82) is 0 Å². The molecule has 7 nitrogen and oxygen atoms in total. The first-order valence-electron chi connectivity index (χ1n) is 9.73. The Bertz CT molecular complexity index is 664. The molecule has 1 atom stereocenters. The van der Waals surface area contributed by atoms with Crippen LogP contribution in [0, 0.1) is 5.41 Å². The number of aliphatic imine (C=N–C) groups is 1. The molecule has 1 heterocycles. The summed E-state index contributed by atoms with van der Waals surface area (Å²) in [6, 6.07) is 7.75. The Morgan fingerprint density at radius 3 is 2.72 bits per heavy atom. The Hall–Kier alpha value is -1.48. The van der Waals surface area contributed by atoms with Crippen molar-refractivity contribution in [2.75, 3.05) is 59.3 Å². The second-order valence-corrected chi connectivity index (χ2v) is 8.92. The molecule has 1 amide bonds. The lowest BCUT2D eigenvalue weighted by Crippen LogP contribution is -2.45. The predicted molar refractivity (Wildman–Crippen MR) is 119 cm³/mol. The average Bonchev–Trinajstić information content (AvgIpc) is 3.16. The molecule has 1 aromatic rings. The van der Waals surface area contributed by atoms with E-state index in [2.05, 4.69) is 15.6 Å². The molecule has 1 saturated heterocycles. The van der Waals surface area contributed by atoms with Gasteiger partial charge in [-0.05, 0) is 37.1 Å². The van der Waals surface area contributed by atoms with E-state index in [0.717, 1.165) is 22.1 Å². The lowest BCUT2D eigenvalue weighted by atomic mass is 9.84. The molecule has 29 heavy (non-hydrogen) atoms. The van der Waals surface area contributed by atoms with E-state index in [1.54, 1.807) is 25.9 Å². The number of thioether (sulfide) groups is 1. The smallest absolute Gasteiger partial charge is 0.243 e. The summed E-state index contributed by atoms with van der Waals surface area (Å²) in [6.45, 7) is 2.87. The van der Waals surface area contributed by atoms with Crippen LogP contribution in [0.2, 0.25) is 5.02 Å². The van der Waals surface area contributed by atoms with Crippen molar-refractivity contribution in [3.63, 3.8) is 0 Å². The Morgan fingerprint density at radius 2 is 2.10 bits per heavy atom. The van der Waals surface area contributed by atoms with Gasteiger partial charge in [-0.15, -0.1) is 11.8 Å². The summed E-state index contributed by atoms with van der Waals surface area (Å²) in [4.78, 5) is 19.0. The largest absolute Gasteiger partial charge is 0.396 e. The minimum Gasteiger partial charge on any atom is -0.396 e. The number of likely N-dealkylation sites (N-methyl/N-ethyl adjacent to an activating group) is 1. The molecule has 0 radical (unpaired) electrons. The number of benzene rings is 1. The molecule has 0 aromatic heterocycles. The van der Waals surface area contributed by atoms with Gasteiger partial charge in [-0.1, -0.05) is 11.6 Å². The van der Waals surface area contributed by atoms with E-state index in [-0.39, 0.29) is 24.5 Å². The fourth-order valence-electron chi connectivity index (χ4n) is 2.91.